The Morgan fingerprint density at radius 3 is 2.62 bits per heavy atom. The van der Waals surface area contributed by atoms with Gasteiger partial charge in [0.25, 0.3) is 10.9 Å². The van der Waals surface area contributed by atoms with Crippen LogP contribution in [0.4, 0.5) is 10.1 Å². The Morgan fingerprint density at radius 2 is 1.91 bits per heavy atom. The van der Waals surface area contributed by atoms with E-state index in [1.165, 1.54) is 35.5 Å². The lowest BCUT2D eigenvalue weighted by Gasteiger charge is -2.31. The summed E-state index contributed by atoms with van der Waals surface area (Å²) in [5, 5.41) is 17.8. The Bertz CT molecular complexity index is 1340. The zero-order valence-corrected chi connectivity index (χ0v) is 18.0. The molecule has 9 heteroatoms. The summed E-state index contributed by atoms with van der Waals surface area (Å²) in [4.78, 5) is 18.4. The highest BCUT2D eigenvalue weighted by molar-refractivity contribution is 7.98. The lowest BCUT2D eigenvalue weighted by atomic mass is 10.0. The number of benzene rings is 2. The molecule has 1 unspecified atom stereocenters. The van der Waals surface area contributed by atoms with Gasteiger partial charge in [-0.15, -0.1) is 0 Å². The Labute approximate surface area is 187 Å². The van der Waals surface area contributed by atoms with Crippen LogP contribution >= 0.6 is 11.8 Å². The quantitative estimate of drug-likeness (QED) is 0.352. The lowest BCUT2D eigenvalue weighted by Crippen LogP contribution is -2.58. The van der Waals surface area contributed by atoms with E-state index >= 15 is 0 Å². The van der Waals surface area contributed by atoms with Crippen molar-refractivity contribution in [1.29, 1.82) is 0 Å². The molecule has 1 amide bonds. The number of hydrogen-bond acceptors (Lipinski definition) is 6. The first-order valence-electron chi connectivity index (χ1n) is 9.77. The molecule has 1 aliphatic rings. The van der Waals surface area contributed by atoms with Crippen LogP contribution in [0.2, 0.25) is 0 Å². The van der Waals surface area contributed by atoms with Crippen molar-refractivity contribution in [2.75, 3.05) is 11.2 Å². The lowest BCUT2D eigenvalue weighted by molar-refractivity contribution is -0.765. The van der Waals surface area contributed by atoms with Gasteiger partial charge in [0, 0.05) is 17.6 Å². The second-order valence-corrected chi connectivity index (χ2v) is 7.96. The SMILES string of the molecule is CSc1nc([O-])c2[n+](n1)C(c1ccc(-c3ccc(F)cc3)o1)N(C(C)=O)c1ccccc1-2. The Balaban J connectivity index is 1.73. The summed E-state index contributed by atoms with van der Waals surface area (Å²) in [6.07, 6.45) is 0.948. The van der Waals surface area contributed by atoms with E-state index < -0.39 is 12.0 Å². The van der Waals surface area contributed by atoms with Crippen LogP contribution in [0.15, 0.2) is 70.2 Å². The van der Waals surface area contributed by atoms with Crippen LogP contribution in [0.1, 0.15) is 18.8 Å². The highest BCUT2D eigenvalue weighted by atomic mass is 32.2. The van der Waals surface area contributed by atoms with Crippen LogP contribution in [-0.2, 0) is 4.79 Å². The van der Waals surface area contributed by atoms with Crippen molar-refractivity contribution in [2.45, 2.75) is 18.2 Å². The third kappa shape index (κ3) is 3.21. The van der Waals surface area contributed by atoms with E-state index in [0.717, 1.165) is 0 Å². The molecule has 3 heterocycles. The molecule has 4 aromatic rings. The number of halogens is 1. The second kappa shape index (κ2) is 7.76. The number of aromatic nitrogens is 3. The first-order valence-corrected chi connectivity index (χ1v) is 11.0. The third-order valence-electron chi connectivity index (χ3n) is 5.25. The molecular weight excluding hydrogens is 431 g/mol. The predicted molar refractivity (Wildman–Crippen MR) is 114 cm³/mol. The maximum absolute atomic E-state index is 13.3. The molecule has 2 aromatic heterocycles. The fourth-order valence-corrected chi connectivity index (χ4v) is 4.22. The first-order chi connectivity index (χ1) is 15.5. The standard InChI is InChI=1S/C23H17FN4O3S/c1-13(29)27-17-6-4-3-5-16(17)20-21(30)25-23(32-2)26-28(20)22(27)19-12-11-18(31-19)14-7-9-15(24)10-8-14/h3-12,22H,1-2H3. The van der Waals surface area contributed by atoms with Gasteiger partial charge in [0.15, 0.2) is 5.76 Å². The van der Waals surface area contributed by atoms with E-state index in [9.17, 15) is 14.3 Å². The number of thioether (sulfide) groups is 1. The van der Waals surface area contributed by atoms with Crippen molar-refractivity contribution >= 4 is 23.4 Å². The highest BCUT2D eigenvalue weighted by Crippen LogP contribution is 2.41. The van der Waals surface area contributed by atoms with Crippen LogP contribution in [0, 0.1) is 5.82 Å². The van der Waals surface area contributed by atoms with Gasteiger partial charge in [-0.1, -0.05) is 23.9 Å². The zero-order valence-electron chi connectivity index (χ0n) is 17.2. The van der Waals surface area contributed by atoms with Gasteiger partial charge in [-0.3, -0.25) is 4.79 Å². The Hall–Kier alpha value is -3.72. The van der Waals surface area contributed by atoms with Gasteiger partial charge in [-0.25, -0.2) is 14.3 Å². The minimum atomic E-state index is -0.826. The first kappa shape index (κ1) is 20.2. The zero-order chi connectivity index (χ0) is 22.4. The number of rotatable bonds is 3. The molecule has 0 bridgehead atoms. The molecule has 0 N–H and O–H groups in total. The summed E-state index contributed by atoms with van der Waals surface area (Å²) in [6.45, 7) is 1.45. The maximum Gasteiger partial charge on any atom is 0.325 e. The number of carbonyl (C=O) groups excluding carboxylic acids is 1. The van der Waals surface area contributed by atoms with E-state index in [-0.39, 0.29) is 22.6 Å². The number of amides is 1. The van der Waals surface area contributed by atoms with Crippen LogP contribution in [0.5, 0.6) is 5.88 Å². The van der Waals surface area contributed by atoms with Crippen molar-refractivity contribution in [3.05, 3.63) is 72.2 Å². The molecule has 160 valence electrons. The van der Waals surface area contributed by atoms with Crippen LogP contribution in [-0.4, -0.2) is 22.2 Å². The van der Waals surface area contributed by atoms with Crippen molar-refractivity contribution in [3.8, 4) is 28.5 Å². The van der Waals surface area contributed by atoms with Crippen LogP contribution < -0.4 is 14.7 Å². The molecule has 0 radical (unpaired) electrons. The largest absolute Gasteiger partial charge is 0.854 e. The summed E-state index contributed by atoms with van der Waals surface area (Å²) in [6, 6.07) is 16.5. The smallest absolute Gasteiger partial charge is 0.325 e. The van der Waals surface area contributed by atoms with E-state index in [0.29, 0.717) is 28.3 Å². The van der Waals surface area contributed by atoms with Crippen molar-refractivity contribution in [1.82, 2.24) is 10.1 Å². The molecule has 0 fully saturated rings. The molecule has 5 rings (SSSR count). The molecule has 7 nitrogen and oxygen atoms in total. The van der Waals surface area contributed by atoms with E-state index in [2.05, 4.69) is 10.1 Å². The second-order valence-electron chi connectivity index (χ2n) is 7.19. The van der Waals surface area contributed by atoms with Crippen molar-refractivity contribution in [3.63, 3.8) is 0 Å². The van der Waals surface area contributed by atoms with Gasteiger partial charge in [0.1, 0.15) is 11.6 Å². The van der Waals surface area contributed by atoms with Crippen molar-refractivity contribution in [2.24, 2.45) is 0 Å². The minimum absolute atomic E-state index is 0.239. The normalized spacial score (nSPS) is 14.7. The predicted octanol–water partition coefficient (Wildman–Crippen LogP) is 3.54. The fraction of sp³-hybridized carbons (Fsp3) is 0.130. The molecule has 0 aliphatic carbocycles. The minimum Gasteiger partial charge on any atom is -0.854 e. The summed E-state index contributed by atoms with van der Waals surface area (Å²) < 4.78 is 20.9. The molecule has 0 saturated carbocycles. The fourth-order valence-electron chi connectivity index (χ4n) is 3.88. The molecule has 2 aromatic carbocycles. The summed E-state index contributed by atoms with van der Waals surface area (Å²) in [5.41, 5.74) is 2.11. The monoisotopic (exact) mass is 448 g/mol. The highest BCUT2D eigenvalue weighted by Gasteiger charge is 2.45. The van der Waals surface area contributed by atoms with E-state index in [1.807, 2.05) is 0 Å². The molecular formula is C23H17FN4O3S. The molecule has 1 atom stereocenters. The number of anilines is 1. The Kier molecular flexibility index (Phi) is 4.90. The van der Waals surface area contributed by atoms with E-state index in [4.69, 9.17) is 4.42 Å². The number of carbonyl (C=O) groups is 1. The topological polar surface area (TPSA) is 86.2 Å². The Morgan fingerprint density at radius 1 is 1.16 bits per heavy atom. The number of para-hydroxylation sites is 1. The van der Waals surface area contributed by atoms with Crippen molar-refractivity contribution < 1.29 is 23.4 Å². The summed E-state index contributed by atoms with van der Waals surface area (Å²) in [7, 11) is 0. The average molecular weight is 448 g/mol. The number of hydrogen-bond donors (Lipinski definition) is 0. The van der Waals surface area contributed by atoms with Crippen LogP contribution in [0.25, 0.3) is 22.6 Å². The molecule has 32 heavy (non-hydrogen) atoms. The van der Waals surface area contributed by atoms with Gasteiger partial charge in [0.2, 0.25) is 5.91 Å². The molecule has 0 saturated heterocycles. The number of nitrogens with zero attached hydrogens (tertiary/aromatic N) is 4. The molecule has 1 aliphatic heterocycles. The van der Waals surface area contributed by atoms with E-state index in [1.54, 1.807) is 59.7 Å². The van der Waals surface area contributed by atoms with Gasteiger partial charge >= 0.3 is 6.17 Å². The third-order valence-corrected chi connectivity index (χ3v) is 5.79. The molecule has 0 spiro atoms. The number of furan rings is 1. The van der Waals surface area contributed by atoms with Gasteiger partial charge in [0.05, 0.1) is 17.1 Å². The van der Waals surface area contributed by atoms with Crippen LogP contribution in [0.3, 0.4) is 0 Å². The number of fused-ring (bicyclic) bond motifs is 3. The van der Waals surface area contributed by atoms with Gasteiger partial charge < -0.3 is 9.52 Å². The summed E-state index contributed by atoms with van der Waals surface area (Å²) >= 11 is 1.23. The summed E-state index contributed by atoms with van der Waals surface area (Å²) in [5.74, 6) is -0.107. The maximum atomic E-state index is 13.3. The van der Waals surface area contributed by atoms with Gasteiger partial charge in [-0.2, -0.15) is 0 Å². The van der Waals surface area contributed by atoms with Gasteiger partial charge in [-0.05, 0) is 59.5 Å². The average Bonchev–Trinajstić information content (AvgIpc) is 3.27.